The molecular weight excluding hydrogens is 394 g/mol. The lowest BCUT2D eigenvalue weighted by molar-refractivity contribution is -0.116. The molecule has 0 saturated heterocycles. The average Bonchev–Trinajstić information content (AvgIpc) is 2.69. The highest BCUT2D eigenvalue weighted by molar-refractivity contribution is 7.90. The van der Waals surface area contributed by atoms with E-state index in [2.05, 4.69) is 5.32 Å². The van der Waals surface area contributed by atoms with Crippen LogP contribution in [-0.4, -0.2) is 39.8 Å². The van der Waals surface area contributed by atoms with Crippen LogP contribution >= 0.6 is 0 Å². The molecule has 0 spiro atoms. The zero-order valence-corrected chi connectivity index (χ0v) is 17.3. The Balaban J connectivity index is 1.72. The Kier molecular flexibility index (Phi) is 8.21. The molecule has 156 valence electrons. The zero-order chi connectivity index (χ0) is 21.3. The summed E-state index contributed by atoms with van der Waals surface area (Å²) in [5.41, 5.74) is 1.03. The maximum absolute atomic E-state index is 12.0. The Hall–Kier alpha value is -2.87. The monoisotopic (exact) mass is 419 g/mol. The molecule has 0 radical (unpaired) electrons. The van der Waals surface area contributed by atoms with Gasteiger partial charge in [-0.05, 0) is 61.4 Å². The lowest BCUT2D eigenvalue weighted by Crippen LogP contribution is -2.13. The van der Waals surface area contributed by atoms with Gasteiger partial charge in [-0.15, -0.1) is 0 Å². The summed E-state index contributed by atoms with van der Waals surface area (Å²) in [4.78, 5) is 24.0. The van der Waals surface area contributed by atoms with E-state index in [4.69, 9.17) is 9.47 Å². The first-order valence-corrected chi connectivity index (χ1v) is 11.2. The van der Waals surface area contributed by atoms with Crippen LogP contribution in [0.2, 0.25) is 0 Å². The quantitative estimate of drug-likeness (QED) is 0.468. The van der Waals surface area contributed by atoms with Crippen LogP contribution in [0.5, 0.6) is 5.75 Å². The van der Waals surface area contributed by atoms with E-state index in [0.717, 1.165) is 12.7 Å². The van der Waals surface area contributed by atoms with Gasteiger partial charge in [0, 0.05) is 18.4 Å². The predicted molar refractivity (Wildman–Crippen MR) is 110 cm³/mol. The number of ether oxygens (including phenoxy) is 2. The molecule has 0 aromatic heterocycles. The second-order valence-electron chi connectivity index (χ2n) is 6.46. The Morgan fingerprint density at radius 1 is 0.966 bits per heavy atom. The van der Waals surface area contributed by atoms with Crippen molar-refractivity contribution < 1.29 is 27.5 Å². The van der Waals surface area contributed by atoms with Crippen molar-refractivity contribution in [3.8, 4) is 5.75 Å². The molecule has 1 amide bonds. The van der Waals surface area contributed by atoms with E-state index in [9.17, 15) is 18.0 Å². The van der Waals surface area contributed by atoms with Gasteiger partial charge in [0.05, 0.1) is 23.7 Å². The first kappa shape index (κ1) is 22.4. The Labute approximate surface area is 170 Å². The van der Waals surface area contributed by atoms with Gasteiger partial charge in [0.1, 0.15) is 5.75 Å². The van der Waals surface area contributed by atoms with Gasteiger partial charge in [-0.25, -0.2) is 13.2 Å². The highest BCUT2D eigenvalue weighted by Gasteiger charge is 2.09. The van der Waals surface area contributed by atoms with Crippen LogP contribution in [0.25, 0.3) is 0 Å². The number of carbonyl (C=O) groups excluding carboxylic acids is 2. The summed E-state index contributed by atoms with van der Waals surface area (Å²) < 4.78 is 33.4. The SMILES string of the molecule is CCCOC(=O)c1ccc(NC(=O)CCCOc2ccc(S(C)(=O)=O)cc2)cc1. The third kappa shape index (κ3) is 7.57. The van der Waals surface area contributed by atoms with Gasteiger partial charge in [0.15, 0.2) is 9.84 Å². The summed E-state index contributed by atoms with van der Waals surface area (Å²) in [5, 5.41) is 2.76. The van der Waals surface area contributed by atoms with E-state index in [1.807, 2.05) is 6.92 Å². The first-order chi connectivity index (χ1) is 13.8. The summed E-state index contributed by atoms with van der Waals surface area (Å²) >= 11 is 0. The van der Waals surface area contributed by atoms with E-state index in [1.54, 1.807) is 36.4 Å². The fourth-order valence-corrected chi connectivity index (χ4v) is 3.03. The predicted octanol–water partition coefficient (Wildman–Crippen LogP) is 3.45. The number of hydrogen-bond acceptors (Lipinski definition) is 6. The van der Waals surface area contributed by atoms with Gasteiger partial charge in [0.2, 0.25) is 5.91 Å². The third-order valence-electron chi connectivity index (χ3n) is 3.91. The lowest BCUT2D eigenvalue weighted by Gasteiger charge is -2.08. The van der Waals surface area contributed by atoms with Gasteiger partial charge >= 0.3 is 5.97 Å². The summed E-state index contributed by atoms with van der Waals surface area (Å²) in [6.45, 7) is 2.63. The summed E-state index contributed by atoms with van der Waals surface area (Å²) in [6.07, 6.45) is 2.67. The van der Waals surface area contributed by atoms with Gasteiger partial charge < -0.3 is 14.8 Å². The Morgan fingerprint density at radius 2 is 1.62 bits per heavy atom. The summed E-state index contributed by atoms with van der Waals surface area (Å²) in [5.74, 6) is -0.00265. The standard InChI is InChI=1S/C21H25NO6S/c1-3-14-28-21(24)16-6-8-17(9-7-16)22-20(23)5-4-15-27-18-10-12-19(13-11-18)29(2,25)26/h6-13H,3-5,14-15H2,1-2H3,(H,22,23). The van der Waals surface area contributed by atoms with Crippen molar-refractivity contribution in [3.05, 3.63) is 54.1 Å². The molecule has 0 saturated carbocycles. The molecule has 0 heterocycles. The van der Waals surface area contributed by atoms with Crippen LogP contribution in [0.4, 0.5) is 5.69 Å². The molecule has 29 heavy (non-hydrogen) atoms. The van der Waals surface area contributed by atoms with E-state index in [0.29, 0.717) is 36.6 Å². The minimum atomic E-state index is -3.23. The normalized spacial score (nSPS) is 11.0. The average molecular weight is 419 g/mol. The molecule has 0 atom stereocenters. The maximum atomic E-state index is 12.0. The van der Waals surface area contributed by atoms with Crippen LogP contribution in [0.15, 0.2) is 53.4 Å². The molecule has 0 unspecified atom stereocenters. The summed E-state index contributed by atoms with van der Waals surface area (Å²) in [7, 11) is -3.23. The number of esters is 1. The van der Waals surface area contributed by atoms with Crippen LogP contribution in [0.1, 0.15) is 36.5 Å². The number of amides is 1. The van der Waals surface area contributed by atoms with Gasteiger partial charge in [-0.1, -0.05) is 6.92 Å². The molecular formula is C21H25NO6S. The summed E-state index contributed by atoms with van der Waals surface area (Å²) in [6, 6.07) is 12.7. The number of rotatable bonds is 10. The number of benzene rings is 2. The van der Waals surface area contributed by atoms with Crippen molar-refractivity contribution in [3.63, 3.8) is 0 Å². The number of sulfone groups is 1. The first-order valence-electron chi connectivity index (χ1n) is 9.29. The number of hydrogen-bond donors (Lipinski definition) is 1. The third-order valence-corrected chi connectivity index (χ3v) is 5.04. The zero-order valence-electron chi connectivity index (χ0n) is 16.5. The smallest absolute Gasteiger partial charge is 0.338 e. The fourth-order valence-electron chi connectivity index (χ4n) is 2.40. The molecule has 2 aromatic rings. The van der Waals surface area contributed by atoms with E-state index >= 15 is 0 Å². The van der Waals surface area contributed by atoms with Crippen LogP contribution in [-0.2, 0) is 19.4 Å². The number of carbonyl (C=O) groups is 2. The molecule has 2 aromatic carbocycles. The minimum Gasteiger partial charge on any atom is -0.494 e. The van der Waals surface area contributed by atoms with Crippen LogP contribution in [0.3, 0.4) is 0 Å². The van der Waals surface area contributed by atoms with Gasteiger partial charge in [-0.2, -0.15) is 0 Å². The van der Waals surface area contributed by atoms with Gasteiger partial charge in [0.25, 0.3) is 0 Å². The molecule has 0 aliphatic heterocycles. The van der Waals surface area contributed by atoms with Gasteiger partial charge in [-0.3, -0.25) is 4.79 Å². The van der Waals surface area contributed by atoms with E-state index in [1.165, 1.54) is 12.1 Å². The lowest BCUT2D eigenvalue weighted by atomic mass is 10.2. The highest BCUT2D eigenvalue weighted by atomic mass is 32.2. The number of anilines is 1. The topological polar surface area (TPSA) is 98.8 Å². The Bertz CT molecular complexity index is 921. The second kappa shape index (κ2) is 10.6. The molecule has 7 nitrogen and oxygen atoms in total. The van der Waals surface area contributed by atoms with Crippen molar-refractivity contribution in [1.29, 1.82) is 0 Å². The van der Waals surface area contributed by atoms with Crippen molar-refractivity contribution in [1.82, 2.24) is 0 Å². The molecule has 0 bridgehead atoms. The van der Waals surface area contributed by atoms with Crippen molar-refractivity contribution in [2.24, 2.45) is 0 Å². The highest BCUT2D eigenvalue weighted by Crippen LogP contribution is 2.16. The minimum absolute atomic E-state index is 0.165. The van der Waals surface area contributed by atoms with Crippen LogP contribution < -0.4 is 10.1 Å². The molecule has 8 heteroatoms. The molecule has 0 fully saturated rings. The molecule has 0 aliphatic rings. The van der Waals surface area contributed by atoms with Crippen molar-refractivity contribution in [2.45, 2.75) is 31.1 Å². The molecule has 0 aliphatic carbocycles. The fraction of sp³-hybridized carbons (Fsp3) is 0.333. The molecule has 2 rings (SSSR count). The second-order valence-corrected chi connectivity index (χ2v) is 8.47. The van der Waals surface area contributed by atoms with E-state index in [-0.39, 0.29) is 23.2 Å². The Morgan fingerprint density at radius 3 is 2.21 bits per heavy atom. The van der Waals surface area contributed by atoms with Crippen molar-refractivity contribution >= 4 is 27.4 Å². The number of nitrogens with one attached hydrogen (secondary N) is 1. The van der Waals surface area contributed by atoms with Crippen LogP contribution in [0, 0.1) is 0 Å². The molecule has 1 N–H and O–H groups in total. The maximum Gasteiger partial charge on any atom is 0.338 e. The largest absolute Gasteiger partial charge is 0.494 e. The van der Waals surface area contributed by atoms with E-state index < -0.39 is 9.84 Å². The van der Waals surface area contributed by atoms with Crippen molar-refractivity contribution in [2.75, 3.05) is 24.8 Å².